The predicted octanol–water partition coefficient (Wildman–Crippen LogP) is 4.91. The minimum atomic E-state index is -0.879. The fourth-order valence-corrected chi connectivity index (χ4v) is 4.24. The summed E-state index contributed by atoms with van der Waals surface area (Å²) in [6.45, 7) is 0. The van der Waals surface area contributed by atoms with Gasteiger partial charge < -0.3 is 15.3 Å². The maximum Gasteiger partial charge on any atom is 2.00 e. The van der Waals surface area contributed by atoms with Gasteiger partial charge in [0.1, 0.15) is 0 Å². The van der Waals surface area contributed by atoms with E-state index in [-0.39, 0.29) is 21.7 Å². The molecule has 0 saturated carbocycles. The molecule has 2 aliphatic carbocycles. The number of fused-ring (bicyclic) bond motifs is 3. The molecule has 5 nitrogen and oxygen atoms in total. The van der Waals surface area contributed by atoms with Gasteiger partial charge in [0.25, 0.3) is 0 Å². The van der Waals surface area contributed by atoms with Crippen LogP contribution in [0.15, 0.2) is 66.7 Å². The van der Waals surface area contributed by atoms with E-state index >= 15 is 0 Å². The number of aromatic carboxylic acids is 2. The summed E-state index contributed by atoms with van der Waals surface area (Å²) >= 11 is 0. The Hall–Kier alpha value is -2.60. The molecule has 0 atom stereocenters. The fourth-order valence-electron chi connectivity index (χ4n) is 4.24. The van der Waals surface area contributed by atoms with Crippen molar-refractivity contribution in [2.24, 2.45) is 0 Å². The molecule has 0 aliphatic heterocycles. The Morgan fingerprint density at radius 1 is 0.647 bits per heavy atom. The average molecular weight is 496 g/mol. The second-order valence-corrected chi connectivity index (χ2v) is 7.91. The average Bonchev–Trinajstić information content (AvgIpc) is 3.26. The van der Waals surface area contributed by atoms with Gasteiger partial charge in [0, 0.05) is 0 Å². The van der Waals surface area contributed by atoms with Gasteiger partial charge in [0.2, 0.25) is 0 Å². The fraction of sp³-hybridized carbons (Fsp3) is 0.321. The quantitative estimate of drug-likeness (QED) is 0.388. The van der Waals surface area contributed by atoms with Crippen LogP contribution in [0, 0.1) is 0 Å². The van der Waals surface area contributed by atoms with Gasteiger partial charge in [0.05, 0.1) is 11.1 Å². The number of aryl methyl sites for hydroxylation is 2. The number of benzene rings is 2. The molecular weight excluding hydrogens is 464 g/mol. The van der Waals surface area contributed by atoms with Crippen molar-refractivity contribution in [3.05, 3.63) is 100 Å². The molecule has 0 radical (unpaired) electrons. The zero-order valence-corrected chi connectivity index (χ0v) is 21.2. The summed E-state index contributed by atoms with van der Waals surface area (Å²) in [4.78, 5) is 20.4. The minimum Gasteiger partial charge on any atom is -0.857 e. The summed E-state index contributed by atoms with van der Waals surface area (Å²) in [5.74, 6) is -1.76. The van der Waals surface area contributed by atoms with E-state index in [1.54, 1.807) is 82.9 Å². The summed E-state index contributed by atoms with van der Waals surface area (Å²) in [5.41, 5.74) is 7.60. The molecule has 0 heterocycles. The van der Waals surface area contributed by atoms with Gasteiger partial charge in [-0.3, -0.25) is 0 Å². The van der Waals surface area contributed by atoms with Gasteiger partial charge >= 0.3 is 33.7 Å². The van der Waals surface area contributed by atoms with Gasteiger partial charge in [-0.2, -0.15) is 35.4 Å². The SMILES string of the molecule is C[O-].O=C(O)c1ccccc1.O=C(O)c1ccccc1.[Ti+2].[cH-]1c2c(c3c1CCCC3)CCCC2. The first-order valence-corrected chi connectivity index (χ1v) is 11.3. The molecule has 0 unspecified atom stereocenters. The first-order valence-electron chi connectivity index (χ1n) is 11.3. The minimum absolute atomic E-state index is 0. The third-order valence-electron chi connectivity index (χ3n) is 5.78. The van der Waals surface area contributed by atoms with E-state index in [1.807, 2.05) is 0 Å². The first kappa shape index (κ1) is 29.4. The van der Waals surface area contributed by atoms with Gasteiger partial charge in [-0.05, 0) is 24.3 Å². The van der Waals surface area contributed by atoms with Crippen molar-refractivity contribution in [1.29, 1.82) is 0 Å². The summed E-state index contributed by atoms with van der Waals surface area (Å²) in [6.07, 6.45) is 11.2. The van der Waals surface area contributed by atoms with E-state index in [2.05, 4.69) is 6.07 Å². The van der Waals surface area contributed by atoms with E-state index in [0.29, 0.717) is 11.1 Å². The van der Waals surface area contributed by atoms with Crippen LogP contribution < -0.4 is 5.11 Å². The van der Waals surface area contributed by atoms with Gasteiger partial charge in [0.15, 0.2) is 0 Å². The Kier molecular flexibility index (Phi) is 13.9. The Balaban J connectivity index is 0.000000249. The van der Waals surface area contributed by atoms with E-state index in [1.165, 1.54) is 51.4 Å². The summed E-state index contributed by atoms with van der Waals surface area (Å²) in [6, 6.07) is 19.1. The molecular formula is C28H32O5Ti. The molecule has 0 fully saturated rings. The number of carboxylic acid groups (broad SMARTS) is 2. The molecule has 34 heavy (non-hydrogen) atoms. The van der Waals surface area contributed by atoms with Crippen LogP contribution in [0.25, 0.3) is 0 Å². The van der Waals surface area contributed by atoms with Crippen LogP contribution in [-0.4, -0.2) is 29.3 Å². The van der Waals surface area contributed by atoms with Crippen LogP contribution >= 0.6 is 0 Å². The molecule has 2 N–H and O–H groups in total. The molecule has 5 rings (SSSR count). The first-order chi connectivity index (χ1) is 16.1. The largest absolute Gasteiger partial charge is 2.00 e. The van der Waals surface area contributed by atoms with Gasteiger partial charge in [-0.25, -0.2) is 9.59 Å². The number of hydrogen-bond donors (Lipinski definition) is 2. The van der Waals surface area contributed by atoms with Crippen LogP contribution in [0.2, 0.25) is 0 Å². The Labute approximate surface area is 216 Å². The Morgan fingerprint density at radius 2 is 0.971 bits per heavy atom. The molecule has 178 valence electrons. The molecule has 0 spiro atoms. The maximum absolute atomic E-state index is 10.2. The van der Waals surface area contributed by atoms with Crippen LogP contribution in [0.3, 0.4) is 0 Å². The molecule has 0 amide bonds. The van der Waals surface area contributed by atoms with Crippen LogP contribution in [-0.2, 0) is 47.4 Å². The van der Waals surface area contributed by atoms with E-state index in [0.717, 1.165) is 7.11 Å². The molecule has 0 aromatic heterocycles. The zero-order chi connectivity index (χ0) is 24.1. The van der Waals surface area contributed by atoms with Crippen molar-refractivity contribution in [3.63, 3.8) is 0 Å². The monoisotopic (exact) mass is 496 g/mol. The van der Waals surface area contributed by atoms with Crippen molar-refractivity contribution >= 4 is 11.9 Å². The maximum atomic E-state index is 10.2. The molecule has 0 saturated heterocycles. The van der Waals surface area contributed by atoms with Crippen molar-refractivity contribution in [2.75, 3.05) is 7.11 Å². The van der Waals surface area contributed by atoms with Crippen LogP contribution in [0.4, 0.5) is 0 Å². The van der Waals surface area contributed by atoms with Crippen molar-refractivity contribution in [3.8, 4) is 0 Å². The van der Waals surface area contributed by atoms with Crippen molar-refractivity contribution < 1.29 is 46.6 Å². The van der Waals surface area contributed by atoms with Gasteiger partial charge in [-0.15, -0.1) is 0 Å². The zero-order valence-electron chi connectivity index (χ0n) is 19.6. The molecule has 0 bridgehead atoms. The Morgan fingerprint density at radius 3 is 1.26 bits per heavy atom. The third kappa shape index (κ3) is 8.98. The number of hydrogen-bond acceptors (Lipinski definition) is 3. The summed E-state index contributed by atoms with van der Waals surface area (Å²) in [7, 11) is 0.750. The third-order valence-corrected chi connectivity index (χ3v) is 5.78. The summed E-state index contributed by atoms with van der Waals surface area (Å²) < 4.78 is 0. The van der Waals surface area contributed by atoms with Gasteiger partial charge in [-0.1, -0.05) is 87.8 Å². The van der Waals surface area contributed by atoms with Crippen LogP contribution in [0.1, 0.15) is 68.7 Å². The van der Waals surface area contributed by atoms with Crippen molar-refractivity contribution in [1.82, 2.24) is 0 Å². The smallest absolute Gasteiger partial charge is 0.857 e. The number of carbonyl (C=O) groups is 2. The molecule has 3 aromatic carbocycles. The predicted molar refractivity (Wildman–Crippen MR) is 128 cm³/mol. The van der Waals surface area contributed by atoms with E-state index in [4.69, 9.17) is 15.3 Å². The number of carboxylic acids is 2. The molecule has 2 aliphatic rings. The van der Waals surface area contributed by atoms with E-state index in [9.17, 15) is 9.59 Å². The summed E-state index contributed by atoms with van der Waals surface area (Å²) in [5, 5.41) is 25.0. The Bertz CT molecular complexity index is 916. The van der Waals surface area contributed by atoms with E-state index < -0.39 is 11.9 Å². The second kappa shape index (κ2) is 16.1. The molecule has 6 heteroatoms. The molecule has 3 aromatic rings. The number of rotatable bonds is 2. The topological polar surface area (TPSA) is 97.7 Å². The van der Waals surface area contributed by atoms with Crippen molar-refractivity contribution in [2.45, 2.75) is 51.4 Å². The normalized spacial score (nSPS) is 12.9. The second-order valence-electron chi connectivity index (χ2n) is 7.91. The standard InChI is InChI=1S/C13H17.2C7H6O2.CH3O.Ti/c1-3-7-12-10(5-1)9-11-6-2-4-8-13(11)12;2*8-7(9)6-4-2-1-3-5-6;1-2;/h9H,1-8H2;2*1-5H,(H,8,9);1H3;/q-1;;;-1;+2. The van der Waals surface area contributed by atoms with Crippen LogP contribution in [0.5, 0.6) is 0 Å².